The Hall–Kier alpha value is -0.900. The van der Waals surface area contributed by atoms with Crippen molar-refractivity contribution in [1.29, 1.82) is 0 Å². The van der Waals surface area contributed by atoms with Crippen molar-refractivity contribution < 1.29 is 10.2 Å². The largest absolute Gasteiger partial charge is 0.394 e. The Balaban J connectivity index is 2.27. The molecule has 1 aromatic rings. The van der Waals surface area contributed by atoms with Crippen LogP contribution in [0, 0.1) is 6.92 Å². The van der Waals surface area contributed by atoms with Crippen LogP contribution < -0.4 is 0 Å². The minimum atomic E-state index is -0.692. The predicted molar refractivity (Wildman–Crippen MR) is 86.5 cm³/mol. The van der Waals surface area contributed by atoms with Gasteiger partial charge in [-0.3, -0.25) is 4.90 Å². The van der Waals surface area contributed by atoms with Crippen LogP contribution in [-0.4, -0.2) is 46.5 Å². The van der Waals surface area contributed by atoms with Gasteiger partial charge in [-0.2, -0.15) is 0 Å². The molecule has 1 aliphatic rings. The molecule has 21 heavy (non-hydrogen) atoms. The fourth-order valence-corrected chi connectivity index (χ4v) is 3.45. The van der Waals surface area contributed by atoms with Crippen LogP contribution in [0.3, 0.4) is 0 Å². The topological polar surface area (TPSA) is 43.7 Å². The summed E-state index contributed by atoms with van der Waals surface area (Å²) in [6, 6.07) is 8.41. The molecule has 3 heteroatoms. The van der Waals surface area contributed by atoms with Crippen LogP contribution in [0.5, 0.6) is 0 Å². The maximum Gasteiger partial charge on any atom is 0.0868 e. The van der Waals surface area contributed by atoms with Gasteiger partial charge in [0.15, 0.2) is 0 Å². The maximum atomic E-state index is 10.5. The van der Waals surface area contributed by atoms with Crippen LogP contribution >= 0.6 is 0 Å². The summed E-state index contributed by atoms with van der Waals surface area (Å²) in [5.41, 5.74) is 2.22. The van der Waals surface area contributed by atoms with E-state index < -0.39 is 6.10 Å². The molecule has 2 N–H and O–H groups in total. The lowest BCUT2D eigenvalue weighted by Gasteiger charge is -2.48. The Morgan fingerprint density at radius 3 is 2.10 bits per heavy atom. The molecule has 1 heterocycles. The quantitative estimate of drug-likeness (QED) is 0.899. The van der Waals surface area contributed by atoms with Crippen LogP contribution in [0.25, 0.3) is 0 Å². The molecule has 3 nitrogen and oxygen atoms in total. The average Bonchev–Trinajstić information content (AvgIpc) is 2.46. The number of likely N-dealkylation sites (tertiary alicyclic amines) is 1. The van der Waals surface area contributed by atoms with E-state index in [1.165, 1.54) is 5.56 Å². The van der Waals surface area contributed by atoms with E-state index >= 15 is 0 Å². The van der Waals surface area contributed by atoms with E-state index in [-0.39, 0.29) is 17.6 Å². The zero-order valence-corrected chi connectivity index (χ0v) is 13.8. The number of rotatable bonds is 3. The van der Waals surface area contributed by atoms with Gasteiger partial charge < -0.3 is 10.2 Å². The first-order valence-electron chi connectivity index (χ1n) is 7.91. The molecule has 0 saturated carbocycles. The Kier molecular flexibility index (Phi) is 4.76. The highest BCUT2D eigenvalue weighted by molar-refractivity contribution is 5.31. The van der Waals surface area contributed by atoms with Crippen molar-refractivity contribution in [1.82, 2.24) is 4.90 Å². The molecule has 0 spiro atoms. The molecular formula is C18H29NO2. The van der Waals surface area contributed by atoms with Crippen LogP contribution in [0.4, 0.5) is 0 Å². The Morgan fingerprint density at radius 1 is 1.14 bits per heavy atom. The van der Waals surface area contributed by atoms with Crippen molar-refractivity contribution in [3.63, 3.8) is 0 Å². The Bertz CT molecular complexity index is 453. The number of benzene rings is 1. The van der Waals surface area contributed by atoms with E-state index in [9.17, 15) is 10.2 Å². The summed E-state index contributed by atoms with van der Waals surface area (Å²) in [5.74, 6) is 0. The second-order valence-electron chi connectivity index (χ2n) is 7.38. The SMILES string of the molecule is Cc1ccc(C2(C(O)CO)CCN(C(C)(C)C)CC2)cc1. The summed E-state index contributed by atoms with van der Waals surface area (Å²) in [7, 11) is 0. The summed E-state index contributed by atoms with van der Waals surface area (Å²) >= 11 is 0. The molecule has 1 aromatic carbocycles. The van der Waals surface area contributed by atoms with Gasteiger partial charge in [-0.15, -0.1) is 0 Å². The molecule has 0 amide bonds. The first-order valence-corrected chi connectivity index (χ1v) is 7.91. The summed E-state index contributed by atoms with van der Waals surface area (Å²) in [6.07, 6.45) is 1.08. The number of aliphatic hydroxyl groups excluding tert-OH is 2. The molecule has 1 aliphatic heterocycles. The van der Waals surface area contributed by atoms with Crippen molar-refractivity contribution in [3.8, 4) is 0 Å². The van der Waals surface area contributed by atoms with E-state index in [1.54, 1.807) is 0 Å². The summed E-state index contributed by atoms with van der Waals surface area (Å²) in [5, 5.41) is 20.0. The molecule has 1 saturated heterocycles. The zero-order chi connectivity index (χ0) is 15.7. The first-order chi connectivity index (χ1) is 9.79. The Labute approximate surface area is 128 Å². The molecule has 2 rings (SSSR count). The van der Waals surface area contributed by atoms with E-state index in [1.807, 2.05) is 0 Å². The van der Waals surface area contributed by atoms with Crippen LogP contribution in [0.2, 0.25) is 0 Å². The molecule has 1 atom stereocenters. The number of aliphatic hydroxyl groups is 2. The fraction of sp³-hybridized carbons (Fsp3) is 0.667. The monoisotopic (exact) mass is 291 g/mol. The molecular weight excluding hydrogens is 262 g/mol. The number of hydrogen-bond donors (Lipinski definition) is 2. The molecule has 1 unspecified atom stereocenters. The molecule has 0 radical (unpaired) electrons. The highest BCUT2D eigenvalue weighted by atomic mass is 16.3. The smallest absolute Gasteiger partial charge is 0.0868 e. The second kappa shape index (κ2) is 6.07. The van der Waals surface area contributed by atoms with E-state index in [4.69, 9.17) is 0 Å². The van der Waals surface area contributed by atoms with Crippen molar-refractivity contribution in [2.45, 2.75) is 57.6 Å². The first kappa shape index (κ1) is 16.5. The van der Waals surface area contributed by atoms with Gasteiger partial charge in [0.2, 0.25) is 0 Å². The minimum Gasteiger partial charge on any atom is -0.394 e. The third-order valence-electron chi connectivity index (χ3n) is 5.04. The highest BCUT2D eigenvalue weighted by Crippen LogP contribution is 2.40. The van der Waals surface area contributed by atoms with Crippen LogP contribution in [-0.2, 0) is 5.41 Å². The molecule has 0 aromatic heterocycles. The van der Waals surface area contributed by atoms with Crippen LogP contribution in [0.15, 0.2) is 24.3 Å². The van der Waals surface area contributed by atoms with Gasteiger partial charge in [-0.1, -0.05) is 29.8 Å². The summed E-state index contributed by atoms with van der Waals surface area (Å²) in [6.45, 7) is 10.5. The lowest BCUT2D eigenvalue weighted by molar-refractivity contribution is -0.0208. The molecule has 1 fully saturated rings. The van der Waals surface area contributed by atoms with Gasteiger partial charge in [0.1, 0.15) is 0 Å². The van der Waals surface area contributed by atoms with Crippen molar-refractivity contribution in [3.05, 3.63) is 35.4 Å². The van der Waals surface area contributed by atoms with Crippen molar-refractivity contribution in [2.24, 2.45) is 0 Å². The van der Waals surface area contributed by atoms with Crippen LogP contribution in [0.1, 0.15) is 44.7 Å². The normalized spacial score (nSPS) is 21.2. The fourth-order valence-electron chi connectivity index (χ4n) is 3.45. The van der Waals surface area contributed by atoms with Crippen molar-refractivity contribution >= 4 is 0 Å². The van der Waals surface area contributed by atoms with Gasteiger partial charge >= 0.3 is 0 Å². The predicted octanol–water partition coefficient (Wildman–Crippen LogP) is 2.48. The van der Waals surface area contributed by atoms with Gasteiger partial charge in [0.25, 0.3) is 0 Å². The zero-order valence-electron chi connectivity index (χ0n) is 13.8. The van der Waals surface area contributed by atoms with E-state index in [0.29, 0.717) is 0 Å². The number of nitrogens with zero attached hydrogens (tertiary/aromatic N) is 1. The number of hydrogen-bond acceptors (Lipinski definition) is 3. The lowest BCUT2D eigenvalue weighted by Crippen LogP contribution is -2.54. The van der Waals surface area contributed by atoms with E-state index in [0.717, 1.165) is 31.5 Å². The number of piperidine rings is 1. The summed E-state index contributed by atoms with van der Waals surface area (Å²) in [4.78, 5) is 2.46. The average molecular weight is 291 g/mol. The van der Waals surface area contributed by atoms with Gasteiger partial charge in [-0.05, 0) is 59.2 Å². The van der Waals surface area contributed by atoms with Gasteiger partial charge in [-0.25, -0.2) is 0 Å². The van der Waals surface area contributed by atoms with E-state index in [2.05, 4.69) is 56.9 Å². The summed E-state index contributed by atoms with van der Waals surface area (Å²) < 4.78 is 0. The standard InChI is InChI=1S/C18H29NO2/c1-14-5-7-15(8-6-14)18(16(21)13-20)9-11-19(12-10-18)17(2,3)4/h5-8,16,20-21H,9-13H2,1-4H3. The number of aryl methyl sites for hydroxylation is 1. The minimum absolute atomic E-state index is 0.156. The maximum absolute atomic E-state index is 10.5. The van der Waals surface area contributed by atoms with Gasteiger partial charge in [0.05, 0.1) is 12.7 Å². The van der Waals surface area contributed by atoms with Gasteiger partial charge in [0, 0.05) is 11.0 Å². The Morgan fingerprint density at radius 2 is 1.67 bits per heavy atom. The lowest BCUT2D eigenvalue weighted by atomic mass is 9.68. The van der Waals surface area contributed by atoms with Crippen molar-refractivity contribution in [2.75, 3.05) is 19.7 Å². The highest BCUT2D eigenvalue weighted by Gasteiger charge is 2.43. The third kappa shape index (κ3) is 3.31. The molecule has 0 bridgehead atoms. The second-order valence-corrected chi connectivity index (χ2v) is 7.38. The molecule has 118 valence electrons. The third-order valence-corrected chi connectivity index (χ3v) is 5.04. The molecule has 0 aliphatic carbocycles.